The van der Waals surface area contributed by atoms with Gasteiger partial charge in [0.15, 0.2) is 5.96 Å². The lowest BCUT2D eigenvalue weighted by Crippen LogP contribution is -2.38. The summed E-state index contributed by atoms with van der Waals surface area (Å²) >= 11 is 0. The molecule has 128 valence electrons. The number of hydrogen-bond donors (Lipinski definition) is 3. The number of guanidine groups is 1. The van der Waals surface area contributed by atoms with Crippen molar-refractivity contribution in [2.24, 2.45) is 10.7 Å². The van der Waals surface area contributed by atoms with E-state index in [2.05, 4.69) is 4.99 Å². The number of hydrogen-bond acceptors (Lipinski definition) is 3. The Bertz CT molecular complexity index is 454. The molecule has 7 heteroatoms. The lowest BCUT2D eigenvalue weighted by molar-refractivity contribution is -0.137. The van der Waals surface area contributed by atoms with Gasteiger partial charge >= 0.3 is 5.97 Å². The molecule has 0 aromatic carbocycles. The van der Waals surface area contributed by atoms with Gasteiger partial charge in [-0.25, -0.2) is 0 Å². The lowest BCUT2D eigenvalue weighted by Gasteiger charge is -2.14. The van der Waals surface area contributed by atoms with Crippen LogP contribution in [-0.2, 0) is 9.59 Å². The van der Waals surface area contributed by atoms with Gasteiger partial charge in [-0.2, -0.15) is 4.99 Å². The number of aliphatic imine (C=N–C) groups is 1. The maximum Gasteiger partial charge on any atom is 0.323 e. The SMILES string of the molecule is [2H]C([2H])([2H])N(CC(=O)O)C(N)=NC(=O)CCCCCCCCC(C)O. The van der Waals surface area contributed by atoms with Gasteiger partial charge in [0, 0.05) is 17.5 Å². The molecule has 4 N–H and O–H groups in total. The minimum Gasteiger partial charge on any atom is -0.480 e. The second-order valence-electron chi connectivity index (χ2n) is 5.35. The molecular weight excluding hydrogens is 286 g/mol. The zero-order valence-electron chi connectivity index (χ0n) is 16.1. The van der Waals surface area contributed by atoms with Crippen molar-refractivity contribution >= 4 is 17.8 Å². The van der Waals surface area contributed by atoms with E-state index < -0.39 is 31.4 Å². The van der Waals surface area contributed by atoms with E-state index in [9.17, 15) is 9.59 Å². The first-order valence-electron chi connectivity index (χ1n) is 9.08. The van der Waals surface area contributed by atoms with Crippen LogP contribution in [-0.4, -0.2) is 52.6 Å². The number of carbonyl (C=O) groups excluding carboxylic acids is 1. The molecule has 0 aliphatic carbocycles. The maximum absolute atomic E-state index is 11.7. The van der Waals surface area contributed by atoms with Gasteiger partial charge in [-0.05, 0) is 19.8 Å². The number of likely N-dealkylation sites (N-methyl/N-ethyl adjacent to an activating group) is 1. The minimum absolute atomic E-state index is 0.135. The number of carboxylic acids is 1. The maximum atomic E-state index is 11.7. The lowest BCUT2D eigenvalue weighted by atomic mass is 10.1. The van der Waals surface area contributed by atoms with E-state index >= 15 is 0 Å². The van der Waals surface area contributed by atoms with E-state index in [1.807, 2.05) is 0 Å². The Balaban J connectivity index is 4.16. The molecule has 1 atom stereocenters. The highest BCUT2D eigenvalue weighted by atomic mass is 16.4. The van der Waals surface area contributed by atoms with Crippen LogP contribution in [0, 0.1) is 0 Å². The summed E-state index contributed by atoms with van der Waals surface area (Å²) in [6.07, 6.45) is 6.12. The molecule has 0 aromatic rings. The molecule has 0 fully saturated rings. The highest BCUT2D eigenvalue weighted by Crippen LogP contribution is 2.10. The predicted octanol–water partition coefficient (Wildman–Crippen LogP) is 1.35. The van der Waals surface area contributed by atoms with E-state index in [4.69, 9.17) is 20.1 Å². The number of nitrogens with zero attached hydrogens (tertiary/aromatic N) is 2. The largest absolute Gasteiger partial charge is 0.480 e. The van der Waals surface area contributed by atoms with Crippen molar-refractivity contribution < 1.29 is 23.9 Å². The van der Waals surface area contributed by atoms with Crippen LogP contribution in [0.5, 0.6) is 0 Å². The van der Waals surface area contributed by atoms with E-state index in [-0.39, 0.29) is 12.5 Å². The number of aliphatic hydroxyl groups is 1. The standard InChI is InChI=1S/C15H29N3O4/c1-12(19)9-7-5-3-4-6-8-10-13(20)17-15(16)18(2)11-14(21)22/h12,19H,3-11H2,1-2H3,(H,21,22)(H2,16,17,20)/i2D3. The summed E-state index contributed by atoms with van der Waals surface area (Å²) in [7, 11) is 0. The molecule has 1 amide bonds. The van der Waals surface area contributed by atoms with E-state index in [0.29, 0.717) is 11.3 Å². The molecule has 0 radical (unpaired) electrons. The molecular formula is C15H29N3O4. The summed E-state index contributed by atoms with van der Waals surface area (Å²) in [5.74, 6) is -2.55. The summed E-state index contributed by atoms with van der Waals surface area (Å²) in [5.41, 5.74) is 5.47. The Morgan fingerprint density at radius 3 is 2.36 bits per heavy atom. The zero-order valence-corrected chi connectivity index (χ0v) is 13.1. The van der Waals surface area contributed by atoms with Crippen LogP contribution < -0.4 is 5.73 Å². The van der Waals surface area contributed by atoms with Crippen LogP contribution in [0.25, 0.3) is 0 Å². The number of rotatable bonds is 11. The molecule has 0 aliphatic rings. The molecule has 7 nitrogen and oxygen atoms in total. The van der Waals surface area contributed by atoms with Crippen LogP contribution in [0.4, 0.5) is 0 Å². The van der Waals surface area contributed by atoms with Crippen molar-refractivity contribution in [2.75, 3.05) is 13.5 Å². The van der Waals surface area contributed by atoms with Crippen LogP contribution in [0.3, 0.4) is 0 Å². The number of nitrogens with two attached hydrogens (primary N) is 1. The summed E-state index contributed by atoms with van der Waals surface area (Å²) in [6, 6.07) is 0. The normalized spacial score (nSPS) is 15.5. The summed E-state index contributed by atoms with van der Waals surface area (Å²) in [5, 5.41) is 17.9. The Hall–Kier alpha value is -1.63. The number of carboxylic acid groups (broad SMARTS) is 1. The molecule has 0 heterocycles. The van der Waals surface area contributed by atoms with E-state index in [1.54, 1.807) is 6.92 Å². The van der Waals surface area contributed by atoms with Crippen LogP contribution in [0.15, 0.2) is 4.99 Å². The fourth-order valence-electron chi connectivity index (χ4n) is 1.88. The third kappa shape index (κ3) is 12.1. The second-order valence-corrected chi connectivity index (χ2v) is 5.35. The highest BCUT2D eigenvalue weighted by molar-refractivity contribution is 5.93. The number of amides is 1. The highest BCUT2D eigenvalue weighted by Gasteiger charge is 2.08. The molecule has 0 aliphatic heterocycles. The zero-order chi connectivity index (χ0) is 19.5. The first kappa shape index (κ1) is 15.3. The molecule has 0 saturated heterocycles. The summed E-state index contributed by atoms with van der Waals surface area (Å²) in [4.78, 5) is 26.3. The third-order valence-electron chi connectivity index (χ3n) is 3.07. The second kappa shape index (κ2) is 12.0. The Kier molecular flexibility index (Phi) is 8.31. The molecule has 0 saturated carbocycles. The van der Waals surface area contributed by atoms with Gasteiger partial charge in [0.1, 0.15) is 6.54 Å². The van der Waals surface area contributed by atoms with Crippen molar-refractivity contribution in [2.45, 2.75) is 64.4 Å². The number of unbranched alkanes of at least 4 members (excludes halogenated alkanes) is 5. The predicted molar refractivity (Wildman–Crippen MR) is 85.5 cm³/mol. The first-order valence-corrected chi connectivity index (χ1v) is 7.58. The quantitative estimate of drug-likeness (QED) is 0.301. The number of aliphatic carboxylic acids is 1. The van der Waals surface area contributed by atoms with Gasteiger partial charge in [0.25, 0.3) is 0 Å². The van der Waals surface area contributed by atoms with Gasteiger partial charge in [-0.3, -0.25) is 9.59 Å². The van der Waals surface area contributed by atoms with Gasteiger partial charge in [0.2, 0.25) is 5.91 Å². The number of aliphatic hydroxyl groups excluding tert-OH is 1. The Morgan fingerprint density at radius 2 is 1.82 bits per heavy atom. The molecule has 0 aromatic heterocycles. The van der Waals surface area contributed by atoms with Crippen molar-refractivity contribution in [1.82, 2.24) is 4.90 Å². The van der Waals surface area contributed by atoms with Gasteiger partial charge in [0.05, 0.1) is 6.10 Å². The van der Waals surface area contributed by atoms with Gasteiger partial charge < -0.3 is 20.8 Å². The topological polar surface area (TPSA) is 116 Å². The van der Waals surface area contributed by atoms with Gasteiger partial charge in [-0.15, -0.1) is 0 Å². The average Bonchev–Trinajstić information content (AvgIpc) is 2.45. The van der Waals surface area contributed by atoms with Gasteiger partial charge in [-0.1, -0.05) is 32.1 Å². The van der Waals surface area contributed by atoms with Crippen LogP contribution >= 0.6 is 0 Å². The molecule has 1 unspecified atom stereocenters. The first-order chi connectivity index (χ1) is 11.5. The minimum atomic E-state index is -2.78. The Labute approximate surface area is 136 Å². The van der Waals surface area contributed by atoms with Crippen LogP contribution in [0.2, 0.25) is 0 Å². The fraction of sp³-hybridized carbons (Fsp3) is 0.800. The van der Waals surface area contributed by atoms with Crippen molar-refractivity contribution in [1.29, 1.82) is 0 Å². The van der Waals surface area contributed by atoms with E-state index in [1.165, 1.54) is 0 Å². The smallest absolute Gasteiger partial charge is 0.323 e. The monoisotopic (exact) mass is 318 g/mol. The molecule has 0 rings (SSSR count). The molecule has 0 spiro atoms. The third-order valence-corrected chi connectivity index (χ3v) is 3.07. The van der Waals surface area contributed by atoms with Crippen molar-refractivity contribution in [3.63, 3.8) is 0 Å². The van der Waals surface area contributed by atoms with Crippen molar-refractivity contribution in [3.8, 4) is 0 Å². The molecule has 22 heavy (non-hydrogen) atoms. The average molecular weight is 318 g/mol. The van der Waals surface area contributed by atoms with Crippen LogP contribution in [0.1, 0.15) is 62.4 Å². The van der Waals surface area contributed by atoms with E-state index in [0.717, 1.165) is 38.5 Å². The van der Waals surface area contributed by atoms with Crippen molar-refractivity contribution in [3.05, 3.63) is 0 Å². The fourth-order valence-corrected chi connectivity index (χ4v) is 1.88. The summed E-state index contributed by atoms with van der Waals surface area (Å²) < 4.78 is 21.7. The Morgan fingerprint density at radius 1 is 1.23 bits per heavy atom. The summed E-state index contributed by atoms with van der Waals surface area (Å²) in [6.45, 7) is -1.87. The number of carbonyl (C=O) groups is 2. The molecule has 0 bridgehead atoms.